The van der Waals surface area contributed by atoms with Crippen molar-refractivity contribution in [2.24, 2.45) is 12.1 Å². The minimum absolute atomic E-state index is 0.0878. The Hall–Kier alpha value is -3.25. The maximum atomic E-state index is 5.03. The van der Waals surface area contributed by atoms with E-state index in [0.29, 0.717) is 0 Å². The minimum atomic E-state index is 0.0878. The Labute approximate surface area is 180 Å². The Bertz CT molecular complexity index is 1200. The van der Waals surface area contributed by atoms with Crippen molar-refractivity contribution in [1.29, 1.82) is 0 Å². The van der Waals surface area contributed by atoms with E-state index in [9.17, 15) is 0 Å². The molecule has 1 aliphatic rings. The van der Waals surface area contributed by atoms with Crippen LogP contribution in [0.25, 0.3) is 11.3 Å². The van der Waals surface area contributed by atoms with E-state index in [2.05, 4.69) is 65.7 Å². The molecule has 0 radical (unpaired) electrons. The van der Waals surface area contributed by atoms with E-state index in [0.717, 1.165) is 39.8 Å². The fourth-order valence-electron chi connectivity index (χ4n) is 3.80. The molecule has 0 bridgehead atoms. The minimum Gasteiger partial charge on any atom is -0.273 e. The van der Waals surface area contributed by atoms with Crippen LogP contribution in [0.3, 0.4) is 0 Å². The molecule has 0 saturated carbocycles. The zero-order valence-corrected chi connectivity index (χ0v) is 18.1. The van der Waals surface area contributed by atoms with Gasteiger partial charge in [0.25, 0.3) is 0 Å². The first-order chi connectivity index (χ1) is 14.6. The van der Waals surface area contributed by atoms with E-state index in [1.165, 1.54) is 11.1 Å². The molecule has 2 aromatic carbocycles. The normalized spacial score (nSPS) is 16.2. The van der Waals surface area contributed by atoms with E-state index in [1.807, 2.05) is 36.1 Å². The molecule has 1 atom stereocenters. The van der Waals surface area contributed by atoms with Gasteiger partial charge in [0.15, 0.2) is 0 Å². The van der Waals surface area contributed by atoms with Gasteiger partial charge in [0.05, 0.1) is 23.6 Å². The zero-order valence-electron chi connectivity index (χ0n) is 17.3. The predicted molar refractivity (Wildman–Crippen MR) is 123 cm³/mol. The van der Waals surface area contributed by atoms with Crippen molar-refractivity contribution in [2.45, 2.75) is 26.3 Å². The Morgan fingerprint density at radius 2 is 1.73 bits per heavy atom. The maximum Gasteiger partial charge on any atom is 0.207 e. The molecule has 30 heavy (non-hydrogen) atoms. The van der Waals surface area contributed by atoms with Gasteiger partial charge in [0, 0.05) is 35.7 Å². The third-order valence-electron chi connectivity index (χ3n) is 5.68. The number of hydrazone groups is 1. The molecule has 0 aliphatic carbocycles. The van der Waals surface area contributed by atoms with E-state index < -0.39 is 0 Å². The van der Waals surface area contributed by atoms with Crippen molar-refractivity contribution in [3.05, 3.63) is 88.6 Å². The largest absolute Gasteiger partial charge is 0.273 e. The van der Waals surface area contributed by atoms with Crippen molar-refractivity contribution in [1.82, 2.24) is 14.8 Å². The number of aromatic nitrogens is 3. The van der Waals surface area contributed by atoms with Crippen LogP contribution >= 0.6 is 11.3 Å². The monoisotopic (exact) mass is 413 g/mol. The predicted octanol–water partition coefficient (Wildman–Crippen LogP) is 5.52. The summed E-state index contributed by atoms with van der Waals surface area (Å²) in [5, 5.41) is 14.6. The number of thiazole rings is 1. The fraction of sp³-hybridized carbons (Fsp3) is 0.208. The Morgan fingerprint density at radius 1 is 0.967 bits per heavy atom. The molecule has 1 aliphatic heterocycles. The van der Waals surface area contributed by atoms with Crippen molar-refractivity contribution in [2.75, 3.05) is 5.01 Å². The number of hydrogen-bond donors (Lipinski definition) is 0. The topological polar surface area (TPSA) is 46.3 Å². The first kappa shape index (κ1) is 18.8. The first-order valence-electron chi connectivity index (χ1n) is 10.0. The van der Waals surface area contributed by atoms with Crippen LogP contribution in [0, 0.1) is 13.8 Å². The molecule has 5 nitrogen and oxygen atoms in total. The summed E-state index contributed by atoms with van der Waals surface area (Å²) >= 11 is 1.63. The van der Waals surface area contributed by atoms with Crippen LogP contribution in [0.2, 0.25) is 0 Å². The van der Waals surface area contributed by atoms with Crippen LogP contribution in [0.15, 0.2) is 71.3 Å². The van der Waals surface area contributed by atoms with Crippen molar-refractivity contribution >= 4 is 22.2 Å². The second-order valence-electron chi connectivity index (χ2n) is 7.67. The molecule has 2 aromatic heterocycles. The van der Waals surface area contributed by atoms with E-state index in [4.69, 9.17) is 10.1 Å². The van der Waals surface area contributed by atoms with Crippen LogP contribution in [0.5, 0.6) is 0 Å². The van der Waals surface area contributed by atoms with Crippen LogP contribution in [-0.2, 0) is 7.05 Å². The third-order valence-corrected chi connectivity index (χ3v) is 6.52. The number of nitrogens with zero attached hydrogens (tertiary/aromatic N) is 5. The van der Waals surface area contributed by atoms with Crippen LogP contribution in [-0.4, -0.2) is 20.5 Å². The lowest BCUT2D eigenvalue weighted by atomic mass is 9.98. The summed E-state index contributed by atoms with van der Waals surface area (Å²) in [6.45, 7) is 4.22. The molecule has 0 saturated heterocycles. The molecule has 6 heteroatoms. The van der Waals surface area contributed by atoms with Crippen LogP contribution in [0.1, 0.15) is 34.8 Å². The number of aryl methyl sites for hydroxylation is 2. The molecule has 5 rings (SSSR count). The van der Waals surface area contributed by atoms with Crippen LogP contribution in [0.4, 0.5) is 5.13 Å². The number of hydrogen-bond acceptors (Lipinski definition) is 5. The van der Waals surface area contributed by atoms with Crippen molar-refractivity contribution in [3.63, 3.8) is 0 Å². The van der Waals surface area contributed by atoms with Crippen molar-refractivity contribution in [3.8, 4) is 11.3 Å². The van der Waals surface area contributed by atoms with Gasteiger partial charge in [-0.05, 0) is 19.4 Å². The molecule has 0 N–H and O–H groups in total. The summed E-state index contributed by atoms with van der Waals surface area (Å²) < 4.78 is 1.93. The van der Waals surface area contributed by atoms with Gasteiger partial charge >= 0.3 is 0 Å². The Balaban J connectivity index is 1.55. The van der Waals surface area contributed by atoms with Gasteiger partial charge in [-0.1, -0.05) is 60.2 Å². The second-order valence-corrected chi connectivity index (χ2v) is 8.50. The summed E-state index contributed by atoms with van der Waals surface area (Å²) in [6.07, 6.45) is 2.79. The first-order valence-corrected chi connectivity index (χ1v) is 10.9. The lowest BCUT2D eigenvalue weighted by molar-refractivity contribution is 0.691. The molecule has 0 amide bonds. The van der Waals surface area contributed by atoms with Gasteiger partial charge in [-0.2, -0.15) is 10.2 Å². The van der Waals surface area contributed by atoms with Gasteiger partial charge in [0.1, 0.15) is 0 Å². The highest BCUT2D eigenvalue weighted by Gasteiger charge is 2.33. The quantitative estimate of drug-likeness (QED) is 0.443. The van der Waals surface area contributed by atoms with E-state index in [1.54, 1.807) is 11.3 Å². The highest BCUT2D eigenvalue weighted by molar-refractivity contribution is 7.14. The lowest BCUT2D eigenvalue weighted by Gasteiger charge is -2.20. The molecule has 0 spiro atoms. The second kappa shape index (κ2) is 7.54. The molecular formula is C24H23N5S. The van der Waals surface area contributed by atoms with Crippen LogP contribution < -0.4 is 5.01 Å². The Morgan fingerprint density at radius 3 is 2.43 bits per heavy atom. The third kappa shape index (κ3) is 3.33. The highest BCUT2D eigenvalue weighted by Crippen LogP contribution is 2.40. The summed E-state index contributed by atoms with van der Waals surface area (Å²) in [5.41, 5.74) is 7.95. The number of rotatable bonds is 4. The smallest absolute Gasteiger partial charge is 0.207 e. The standard InChI is InChI=1S/C24H23N5S/c1-16-9-11-19(12-10-16)21-13-23(20-14-25-28(3)17(20)2)29(27-21)24-26-22(15-30-24)18-7-5-4-6-8-18/h4-12,14-15,23H,13H2,1-3H3. The molecule has 0 fully saturated rings. The van der Waals surface area contributed by atoms with Gasteiger partial charge < -0.3 is 0 Å². The van der Waals surface area contributed by atoms with E-state index >= 15 is 0 Å². The number of anilines is 1. The molecule has 150 valence electrons. The molecule has 4 aromatic rings. The van der Waals surface area contributed by atoms with Crippen molar-refractivity contribution < 1.29 is 0 Å². The maximum absolute atomic E-state index is 5.03. The Kier molecular flexibility index (Phi) is 4.71. The molecule has 3 heterocycles. The lowest BCUT2D eigenvalue weighted by Crippen LogP contribution is -2.19. The SMILES string of the molecule is Cc1ccc(C2=NN(c3nc(-c4ccccc4)cs3)C(c3cnn(C)c3C)C2)cc1. The average molecular weight is 414 g/mol. The van der Waals surface area contributed by atoms with Gasteiger partial charge in [0.2, 0.25) is 5.13 Å². The summed E-state index contributed by atoms with van der Waals surface area (Å²) in [4.78, 5) is 4.93. The van der Waals surface area contributed by atoms with Gasteiger partial charge in [-0.15, -0.1) is 11.3 Å². The summed E-state index contributed by atoms with van der Waals surface area (Å²) in [7, 11) is 1.98. The summed E-state index contributed by atoms with van der Waals surface area (Å²) in [5.74, 6) is 0. The van der Waals surface area contributed by atoms with Gasteiger partial charge in [-0.25, -0.2) is 9.99 Å². The summed E-state index contributed by atoms with van der Waals surface area (Å²) in [6, 6.07) is 19.0. The highest BCUT2D eigenvalue weighted by atomic mass is 32.1. The molecular weight excluding hydrogens is 390 g/mol. The zero-order chi connectivity index (χ0) is 20.7. The molecule has 1 unspecified atom stereocenters. The number of benzene rings is 2. The fourth-order valence-corrected chi connectivity index (χ4v) is 4.64. The average Bonchev–Trinajstić information content (AvgIpc) is 3.49. The van der Waals surface area contributed by atoms with E-state index in [-0.39, 0.29) is 6.04 Å². The van der Waals surface area contributed by atoms with Gasteiger partial charge in [-0.3, -0.25) is 4.68 Å².